The summed E-state index contributed by atoms with van der Waals surface area (Å²) in [6.07, 6.45) is 27.8. The van der Waals surface area contributed by atoms with E-state index in [9.17, 15) is 0 Å². The van der Waals surface area contributed by atoms with Gasteiger partial charge in [0.15, 0.2) is 0 Å². The van der Waals surface area contributed by atoms with Crippen LogP contribution in [-0.2, 0) is 0 Å². The Labute approximate surface area is 155 Å². The van der Waals surface area contributed by atoms with Gasteiger partial charge in [-0.2, -0.15) is 0 Å². The van der Waals surface area contributed by atoms with Crippen LogP contribution in [-0.4, -0.2) is 7.28 Å². The van der Waals surface area contributed by atoms with E-state index in [0.717, 1.165) is 11.6 Å². The average Bonchev–Trinajstić information content (AvgIpc) is 2.56. The van der Waals surface area contributed by atoms with E-state index in [4.69, 9.17) is 0 Å². The van der Waals surface area contributed by atoms with Gasteiger partial charge >= 0.3 is 0 Å². The van der Waals surface area contributed by atoms with Gasteiger partial charge in [-0.15, -0.1) is 0 Å². The van der Waals surface area contributed by atoms with Crippen LogP contribution in [0.25, 0.3) is 0 Å². The highest BCUT2D eigenvalue weighted by atomic mass is 14.1. The van der Waals surface area contributed by atoms with E-state index in [1.165, 1.54) is 122 Å². The van der Waals surface area contributed by atoms with Crippen LogP contribution in [0.15, 0.2) is 0 Å². The third-order valence-electron chi connectivity index (χ3n) is 6.05. The summed E-state index contributed by atoms with van der Waals surface area (Å²) in [4.78, 5) is 0. The summed E-state index contributed by atoms with van der Waals surface area (Å²) in [7, 11) is 2.84. The fourth-order valence-electron chi connectivity index (χ4n) is 4.42. The Hall–Kier alpha value is 0.0649. The van der Waals surface area contributed by atoms with Crippen LogP contribution in [0.1, 0.15) is 136 Å². The highest BCUT2D eigenvalue weighted by Gasteiger charge is 2.18. The van der Waals surface area contributed by atoms with Crippen LogP contribution in [0.4, 0.5) is 0 Å². The highest BCUT2D eigenvalue weighted by Crippen LogP contribution is 2.33. The molecule has 0 aliphatic heterocycles. The minimum absolute atomic E-state index is 0.928. The normalized spacial score (nSPS) is 18.1. The van der Waals surface area contributed by atoms with Crippen molar-refractivity contribution in [2.45, 2.75) is 147 Å². The van der Waals surface area contributed by atoms with Crippen LogP contribution < -0.4 is 0 Å². The molecule has 0 nitrogen and oxygen atoms in total. The second kappa shape index (κ2) is 16.5. The van der Waals surface area contributed by atoms with Gasteiger partial charge in [0.2, 0.25) is 0 Å². The van der Waals surface area contributed by atoms with E-state index < -0.39 is 0 Å². The summed E-state index contributed by atoms with van der Waals surface area (Å²) < 4.78 is 0. The first kappa shape index (κ1) is 22.1. The van der Waals surface area contributed by atoms with Crippen molar-refractivity contribution in [2.24, 2.45) is 0 Å². The molecular formula is C23H46B. The van der Waals surface area contributed by atoms with Crippen molar-refractivity contribution < 1.29 is 0 Å². The zero-order chi connectivity index (χ0) is 17.3. The SMILES string of the molecule is CCCCCCCCC([B]C1CCCCCCC1)CCCCCC. The molecule has 0 aromatic heterocycles. The molecule has 1 heteroatoms. The average molecular weight is 333 g/mol. The van der Waals surface area contributed by atoms with Gasteiger partial charge in [-0.05, 0) is 0 Å². The minimum atomic E-state index is 0.928. The van der Waals surface area contributed by atoms with Gasteiger partial charge in [-0.3, -0.25) is 0 Å². The fourth-order valence-corrected chi connectivity index (χ4v) is 4.42. The Bertz CT molecular complexity index is 242. The molecule has 1 radical (unpaired) electrons. The lowest BCUT2D eigenvalue weighted by Crippen LogP contribution is -2.13. The Morgan fingerprint density at radius 1 is 0.625 bits per heavy atom. The van der Waals surface area contributed by atoms with Crippen LogP contribution in [0.2, 0.25) is 11.6 Å². The molecule has 1 aliphatic rings. The smallest absolute Gasteiger partial charge is 0.0686 e. The summed E-state index contributed by atoms with van der Waals surface area (Å²) in [6, 6.07) is 0. The fraction of sp³-hybridized carbons (Fsp3) is 1.00. The van der Waals surface area contributed by atoms with Gasteiger partial charge in [0.05, 0.1) is 0 Å². The number of hydrogen-bond donors (Lipinski definition) is 0. The van der Waals surface area contributed by atoms with E-state index in [-0.39, 0.29) is 0 Å². The van der Waals surface area contributed by atoms with Crippen LogP contribution in [0.3, 0.4) is 0 Å². The number of hydrogen-bond acceptors (Lipinski definition) is 0. The third-order valence-corrected chi connectivity index (χ3v) is 6.05. The molecule has 1 unspecified atom stereocenters. The predicted octanol–water partition coefficient (Wildman–Crippen LogP) is 8.73. The summed E-state index contributed by atoms with van der Waals surface area (Å²) in [6.45, 7) is 4.64. The van der Waals surface area contributed by atoms with Gasteiger partial charge in [0.25, 0.3) is 0 Å². The Morgan fingerprint density at radius 2 is 1.08 bits per heavy atom. The van der Waals surface area contributed by atoms with Crippen molar-refractivity contribution >= 4 is 7.28 Å². The third kappa shape index (κ3) is 12.4. The molecule has 24 heavy (non-hydrogen) atoms. The molecule has 0 heterocycles. The van der Waals surface area contributed by atoms with Crippen molar-refractivity contribution in [1.29, 1.82) is 0 Å². The largest absolute Gasteiger partial charge is 0.117 e. The van der Waals surface area contributed by atoms with E-state index >= 15 is 0 Å². The molecule has 0 bridgehead atoms. The molecule has 0 amide bonds. The summed E-state index contributed by atoms with van der Waals surface area (Å²) in [5.74, 6) is 1.87. The zero-order valence-electron chi connectivity index (χ0n) is 17.2. The Morgan fingerprint density at radius 3 is 1.67 bits per heavy atom. The molecule has 1 fully saturated rings. The molecule has 0 aromatic carbocycles. The molecular weight excluding hydrogens is 287 g/mol. The molecule has 0 spiro atoms. The van der Waals surface area contributed by atoms with Gasteiger partial charge in [-0.25, -0.2) is 0 Å². The molecule has 0 aromatic rings. The monoisotopic (exact) mass is 333 g/mol. The quantitative estimate of drug-likeness (QED) is 0.220. The zero-order valence-corrected chi connectivity index (χ0v) is 17.2. The maximum absolute atomic E-state index is 2.84. The maximum Gasteiger partial charge on any atom is 0.117 e. The molecule has 141 valence electrons. The van der Waals surface area contributed by atoms with E-state index in [2.05, 4.69) is 21.1 Å². The lowest BCUT2D eigenvalue weighted by atomic mass is 9.50. The van der Waals surface area contributed by atoms with Crippen molar-refractivity contribution in [3.8, 4) is 0 Å². The molecule has 0 N–H and O–H groups in total. The van der Waals surface area contributed by atoms with E-state index in [1.807, 2.05) is 0 Å². The van der Waals surface area contributed by atoms with Crippen molar-refractivity contribution in [3.63, 3.8) is 0 Å². The standard InChI is InChI=1S/C23H46B/c1-3-5-7-9-11-15-19-22(18-14-8-6-4-2)24-23-20-16-12-10-13-17-21-23/h22-23H,3-21H2,1-2H3. The van der Waals surface area contributed by atoms with Crippen LogP contribution >= 0.6 is 0 Å². The van der Waals surface area contributed by atoms with Crippen molar-refractivity contribution in [1.82, 2.24) is 0 Å². The van der Waals surface area contributed by atoms with Gasteiger partial charge in [0.1, 0.15) is 7.28 Å². The van der Waals surface area contributed by atoms with Crippen LogP contribution in [0, 0.1) is 0 Å². The molecule has 1 rings (SSSR count). The van der Waals surface area contributed by atoms with Gasteiger partial charge in [0, 0.05) is 0 Å². The predicted molar refractivity (Wildman–Crippen MR) is 112 cm³/mol. The van der Waals surface area contributed by atoms with Crippen LogP contribution in [0.5, 0.6) is 0 Å². The second-order valence-electron chi connectivity index (χ2n) is 8.46. The summed E-state index contributed by atoms with van der Waals surface area (Å²) in [5.41, 5.74) is 0. The first-order valence-corrected chi connectivity index (χ1v) is 11.7. The van der Waals surface area contributed by atoms with Gasteiger partial charge < -0.3 is 0 Å². The molecule has 0 saturated heterocycles. The maximum atomic E-state index is 2.84. The lowest BCUT2D eigenvalue weighted by Gasteiger charge is -2.24. The van der Waals surface area contributed by atoms with Crippen molar-refractivity contribution in [2.75, 3.05) is 0 Å². The Balaban J connectivity index is 2.26. The van der Waals surface area contributed by atoms with E-state index in [0.29, 0.717) is 0 Å². The summed E-state index contributed by atoms with van der Waals surface area (Å²) in [5, 5.41) is 0. The molecule has 1 saturated carbocycles. The second-order valence-corrected chi connectivity index (χ2v) is 8.46. The highest BCUT2D eigenvalue weighted by molar-refractivity contribution is 6.39. The Kier molecular flexibility index (Phi) is 15.2. The topological polar surface area (TPSA) is 0 Å². The van der Waals surface area contributed by atoms with Crippen molar-refractivity contribution in [3.05, 3.63) is 0 Å². The lowest BCUT2D eigenvalue weighted by molar-refractivity contribution is 0.489. The molecule has 1 atom stereocenters. The summed E-state index contributed by atoms with van der Waals surface area (Å²) >= 11 is 0. The minimum Gasteiger partial charge on any atom is -0.0686 e. The first-order valence-electron chi connectivity index (χ1n) is 11.7. The molecule has 1 aliphatic carbocycles. The van der Waals surface area contributed by atoms with E-state index in [1.54, 1.807) is 0 Å². The number of unbranched alkanes of at least 4 members (excludes halogenated alkanes) is 8. The first-order chi connectivity index (χ1) is 11.9. The number of rotatable bonds is 14. The van der Waals surface area contributed by atoms with Gasteiger partial charge in [-0.1, -0.05) is 147 Å².